The van der Waals surface area contributed by atoms with E-state index >= 15 is 0 Å². The van der Waals surface area contributed by atoms with Crippen LogP contribution in [0.5, 0.6) is 0 Å². The molecule has 2 aromatic rings. The molecule has 21 heavy (non-hydrogen) atoms. The largest absolute Gasteiger partial charge is 1.00 e. The Labute approximate surface area is 142 Å². The fourth-order valence-electron chi connectivity index (χ4n) is 2.77. The molecule has 3 rings (SSSR count). The van der Waals surface area contributed by atoms with E-state index < -0.39 is 17.2 Å². The van der Waals surface area contributed by atoms with Gasteiger partial charge in [0.05, 0.1) is 10.9 Å². The van der Waals surface area contributed by atoms with Crippen LogP contribution in [-0.2, 0) is 12.8 Å². The van der Waals surface area contributed by atoms with Crippen LogP contribution in [0.25, 0.3) is 11.0 Å². The number of carbonyl (C=O) groups excluding carboxylic acids is 2. The van der Waals surface area contributed by atoms with Gasteiger partial charge in [0, 0.05) is 6.07 Å². The number of hydrogen-bond acceptors (Lipinski definition) is 5. The smallest absolute Gasteiger partial charge is 0.542 e. The van der Waals surface area contributed by atoms with Gasteiger partial charge in [-0.2, -0.15) is 0 Å². The van der Waals surface area contributed by atoms with Crippen molar-refractivity contribution in [3.8, 4) is 0 Å². The molecule has 0 saturated heterocycles. The molecule has 0 saturated carbocycles. The van der Waals surface area contributed by atoms with E-state index in [4.69, 9.17) is 4.42 Å². The SMILES string of the molecule is O=Cc1c2c(cc3c(=O)cc(C(=O)[O-])oc13)CCCC2.[Na+]. The van der Waals surface area contributed by atoms with E-state index in [0.717, 1.165) is 42.9 Å². The molecule has 102 valence electrons. The van der Waals surface area contributed by atoms with Gasteiger partial charge in [0.15, 0.2) is 17.5 Å². The second-order valence-corrected chi connectivity index (χ2v) is 4.89. The van der Waals surface area contributed by atoms with Gasteiger partial charge in [0.2, 0.25) is 0 Å². The number of carboxylic acids is 1. The standard InChI is InChI=1S/C15H12O5.Na/c16-7-11-9-4-2-1-3-8(9)5-10-12(17)6-13(15(18)19)20-14(10)11;/h5-7H,1-4H2,(H,18,19);/q;+1/p-1. The van der Waals surface area contributed by atoms with Crippen LogP contribution in [0.2, 0.25) is 0 Å². The van der Waals surface area contributed by atoms with Crippen LogP contribution >= 0.6 is 0 Å². The van der Waals surface area contributed by atoms with Crippen molar-refractivity contribution in [1.29, 1.82) is 0 Å². The number of aldehydes is 1. The van der Waals surface area contributed by atoms with Gasteiger partial charge in [-0.05, 0) is 42.9 Å². The number of rotatable bonds is 2. The molecule has 0 bridgehead atoms. The molecule has 0 spiro atoms. The summed E-state index contributed by atoms with van der Waals surface area (Å²) < 4.78 is 5.20. The summed E-state index contributed by atoms with van der Waals surface area (Å²) in [6.07, 6.45) is 4.16. The van der Waals surface area contributed by atoms with Gasteiger partial charge in [-0.3, -0.25) is 9.59 Å². The van der Waals surface area contributed by atoms with E-state index in [2.05, 4.69) is 0 Å². The Balaban J connectivity index is 0.00000161. The van der Waals surface area contributed by atoms with Crippen LogP contribution in [0.4, 0.5) is 0 Å². The van der Waals surface area contributed by atoms with Gasteiger partial charge >= 0.3 is 29.6 Å². The van der Waals surface area contributed by atoms with Crippen LogP contribution in [0.15, 0.2) is 21.3 Å². The molecule has 0 atom stereocenters. The zero-order valence-electron chi connectivity index (χ0n) is 11.6. The second-order valence-electron chi connectivity index (χ2n) is 4.89. The summed E-state index contributed by atoms with van der Waals surface area (Å²) in [6.45, 7) is 0. The minimum absolute atomic E-state index is 0. The number of hydrogen-bond donors (Lipinski definition) is 0. The maximum absolute atomic E-state index is 12.0. The van der Waals surface area contributed by atoms with E-state index in [-0.39, 0.29) is 46.1 Å². The summed E-state index contributed by atoms with van der Waals surface area (Å²) >= 11 is 0. The zero-order valence-corrected chi connectivity index (χ0v) is 13.6. The molecule has 0 amide bonds. The molecule has 1 heterocycles. The molecular formula is C15H11NaO5. The molecule has 1 aliphatic carbocycles. The molecule has 5 nitrogen and oxygen atoms in total. The molecular weight excluding hydrogens is 283 g/mol. The van der Waals surface area contributed by atoms with Gasteiger partial charge in [0.1, 0.15) is 11.6 Å². The van der Waals surface area contributed by atoms with Gasteiger partial charge in [0.25, 0.3) is 0 Å². The number of aryl methyl sites for hydroxylation is 1. The van der Waals surface area contributed by atoms with E-state index in [1.165, 1.54) is 0 Å². The van der Waals surface area contributed by atoms with Crippen LogP contribution in [-0.4, -0.2) is 12.3 Å². The average molecular weight is 294 g/mol. The summed E-state index contributed by atoms with van der Waals surface area (Å²) in [5.74, 6) is -2.13. The monoisotopic (exact) mass is 294 g/mol. The maximum Gasteiger partial charge on any atom is 1.00 e. The normalized spacial score (nSPS) is 13.3. The quantitative estimate of drug-likeness (QED) is 0.465. The van der Waals surface area contributed by atoms with E-state index in [1.54, 1.807) is 6.07 Å². The van der Waals surface area contributed by atoms with E-state index in [0.29, 0.717) is 6.29 Å². The van der Waals surface area contributed by atoms with Crippen LogP contribution in [0.3, 0.4) is 0 Å². The number of benzene rings is 1. The van der Waals surface area contributed by atoms with Crippen molar-refractivity contribution >= 4 is 23.2 Å². The van der Waals surface area contributed by atoms with Crippen molar-refractivity contribution in [1.82, 2.24) is 0 Å². The predicted molar refractivity (Wildman–Crippen MR) is 68.8 cm³/mol. The van der Waals surface area contributed by atoms with E-state index in [9.17, 15) is 19.5 Å². The van der Waals surface area contributed by atoms with Gasteiger partial charge in [-0.1, -0.05) is 0 Å². The topological polar surface area (TPSA) is 87.4 Å². The maximum atomic E-state index is 12.0. The number of aromatic carboxylic acids is 1. The minimum atomic E-state index is -1.57. The fourth-order valence-corrected chi connectivity index (χ4v) is 2.77. The van der Waals surface area contributed by atoms with Crippen LogP contribution in [0, 0.1) is 0 Å². The predicted octanol–water partition coefficient (Wildman–Crippen LogP) is -2.15. The first-order valence-corrected chi connectivity index (χ1v) is 6.41. The Morgan fingerprint density at radius 1 is 1.24 bits per heavy atom. The molecule has 0 unspecified atom stereocenters. The number of fused-ring (bicyclic) bond motifs is 2. The second kappa shape index (κ2) is 6.13. The molecule has 0 aliphatic heterocycles. The van der Waals surface area contributed by atoms with Gasteiger partial charge in [-0.15, -0.1) is 0 Å². The molecule has 0 radical (unpaired) electrons. The minimum Gasteiger partial charge on any atom is -0.542 e. The Hall–Kier alpha value is -1.43. The van der Waals surface area contributed by atoms with E-state index in [1.807, 2.05) is 0 Å². The Morgan fingerprint density at radius 2 is 1.95 bits per heavy atom. The number of carboxylic acid groups (broad SMARTS) is 1. The summed E-state index contributed by atoms with van der Waals surface area (Å²) in [7, 11) is 0. The van der Waals surface area contributed by atoms with Crippen molar-refractivity contribution < 1.29 is 48.7 Å². The zero-order chi connectivity index (χ0) is 14.3. The molecule has 6 heteroatoms. The molecule has 1 aromatic carbocycles. The first kappa shape index (κ1) is 15.9. The molecule has 1 aromatic heterocycles. The summed E-state index contributed by atoms with van der Waals surface area (Å²) in [4.78, 5) is 34.2. The number of carbonyl (C=O) groups is 2. The molecule has 1 aliphatic rings. The van der Waals surface area contributed by atoms with Crippen LogP contribution in [0.1, 0.15) is 44.9 Å². The third kappa shape index (κ3) is 2.69. The summed E-state index contributed by atoms with van der Waals surface area (Å²) in [6, 6.07) is 2.60. The first-order chi connectivity index (χ1) is 9.61. The summed E-state index contributed by atoms with van der Waals surface area (Å²) in [5.41, 5.74) is 1.70. The van der Waals surface area contributed by atoms with Crippen molar-refractivity contribution in [2.45, 2.75) is 25.7 Å². The van der Waals surface area contributed by atoms with Crippen molar-refractivity contribution in [2.75, 3.05) is 0 Å². The first-order valence-electron chi connectivity index (χ1n) is 6.41. The van der Waals surface area contributed by atoms with Gasteiger partial charge in [-0.25, -0.2) is 0 Å². The van der Waals surface area contributed by atoms with Crippen molar-refractivity contribution in [3.63, 3.8) is 0 Å². The Morgan fingerprint density at radius 3 is 2.62 bits per heavy atom. The van der Waals surface area contributed by atoms with Crippen molar-refractivity contribution in [3.05, 3.63) is 44.8 Å². The Kier molecular flexibility index (Phi) is 4.66. The third-order valence-corrected chi connectivity index (χ3v) is 3.70. The van der Waals surface area contributed by atoms with Crippen molar-refractivity contribution in [2.24, 2.45) is 0 Å². The fraction of sp³-hybridized carbons (Fsp3) is 0.267. The summed E-state index contributed by atoms with van der Waals surface area (Å²) in [5, 5.41) is 11.1. The van der Waals surface area contributed by atoms with Crippen LogP contribution < -0.4 is 40.1 Å². The van der Waals surface area contributed by atoms with Gasteiger partial charge < -0.3 is 14.3 Å². The third-order valence-electron chi connectivity index (χ3n) is 3.70. The molecule has 0 fully saturated rings. The average Bonchev–Trinajstić information content (AvgIpc) is 2.45. The molecule has 0 N–H and O–H groups in total. The Bertz CT molecular complexity index is 791.